The Hall–Kier alpha value is -1.48. The molecule has 3 N–H and O–H groups in total. The maximum Gasteiger partial charge on any atom is 0.203 e. The molecule has 152 valence electrons. The third-order valence-electron chi connectivity index (χ3n) is 5.85. The maximum atomic E-state index is 10.8. The summed E-state index contributed by atoms with van der Waals surface area (Å²) in [7, 11) is 1.87. The van der Waals surface area contributed by atoms with Gasteiger partial charge in [-0.05, 0) is 37.7 Å². The van der Waals surface area contributed by atoms with Crippen molar-refractivity contribution in [2.24, 2.45) is 10.4 Å². The van der Waals surface area contributed by atoms with E-state index < -0.39 is 6.23 Å². The normalized spacial score (nSPS) is 27.1. The minimum absolute atomic E-state index is 0.280. The Labute approximate surface area is 174 Å². The number of hydrogen-bond donors (Lipinski definition) is 2. The number of hydrogen-bond acceptors (Lipinski definition) is 8. The number of ether oxygens (including phenoxy) is 1. The summed E-state index contributed by atoms with van der Waals surface area (Å²) < 4.78 is 5.82. The molecule has 2 saturated heterocycles. The third kappa shape index (κ3) is 3.70. The van der Waals surface area contributed by atoms with Crippen molar-refractivity contribution in [3.05, 3.63) is 28.4 Å². The topological polar surface area (TPSA) is 87.2 Å². The molecule has 7 nitrogen and oxygen atoms in total. The highest BCUT2D eigenvalue weighted by molar-refractivity contribution is 8.03. The molecule has 2 fully saturated rings. The Morgan fingerprint density at radius 2 is 2.14 bits per heavy atom. The molecule has 9 heteroatoms. The number of aliphatic hydroxyl groups excluding tert-OH is 1. The predicted octanol–water partition coefficient (Wildman–Crippen LogP) is 2.76. The molecule has 0 saturated carbocycles. The van der Waals surface area contributed by atoms with Gasteiger partial charge in [-0.15, -0.1) is 0 Å². The number of nitrogens with zero attached hydrogens (tertiary/aromatic N) is 4. The van der Waals surface area contributed by atoms with Crippen LogP contribution in [0.1, 0.15) is 26.2 Å². The number of thioether (sulfide) groups is 1. The van der Waals surface area contributed by atoms with E-state index in [-0.39, 0.29) is 5.82 Å². The lowest BCUT2D eigenvalue weighted by Crippen LogP contribution is -2.52. The van der Waals surface area contributed by atoms with Gasteiger partial charge in [-0.25, -0.2) is 9.98 Å². The van der Waals surface area contributed by atoms with Gasteiger partial charge >= 0.3 is 0 Å². The Kier molecular flexibility index (Phi) is 5.48. The largest absolute Gasteiger partial charge is 0.382 e. The molecule has 0 aromatic carbocycles. The minimum atomic E-state index is -0.784. The number of rotatable bonds is 2. The number of nitrogens with two attached hydrogens (primary N) is 1. The summed E-state index contributed by atoms with van der Waals surface area (Å²) in [6, 6.07) is 1.78. The molecular formula is C19H26ClN5O2S. The van der Waals surface area contributed by atoms with Crippen molar-refractivity contribution in [2.45, 2.75) is 43.4 Å². The van der Waals surface area contributed by atoms with E-state index in [0.29, 0.717) is 21.4 Å². The Morgan fingerprint density at radius 1 is 1.39 bits per heavy atom. The van der Waals surface area contributed by atoms with E-state index in [2.05, 4.69) is 21.8 Å². The number of aliphatic imine (C=N–C) groups is 1. The van der Waals surface area contributed by atoms with Crippen LogP contribution in [0, 0.1) is 5.41 Å². The highest BCUT2D eigenvalue weighted by atomic mass is 35.5. The zero-order chi connectivity index (χ0) is 19.9. The van der Waals surface area contributed by atoms with Crippen molar-refractivity contribution in [2.75, 3.05) is 32.5 Å². The number of guanidine groups is 1. The van der Waals surface area contributed by atoms with E-state index in [4.69, 9.17) is 22.1 Å². The molecule has 4 rings (SSSR count). The lowest BCUT2D eigenvalue weighted by Gasteiger charge is -2.43. The van der Waals surface area contributed by atoms with Crippen LogP contribution in [0.5, 0.6) is 0 Å². The van der Waals surface area contributed by atoms with Crippen molar-refractivity contribution in [3.8, 4) is 0 Å². The minimum Gasteiger partial charge on any atom is -0.382 e. The van der Waals surface area contributed by atoms with Gasteiger partial charge in [0.1, 0.15) is 5.82 Å². The quantitative estimate of drug-likeness (QED) is 0.756. The zero-order valence-electron chi connectivity index (χ0n) is 16.1. The molecule has 1 unspecified atom stereocenters. The Bertz CT molecular complexity index is 810. The fraction of sp³-hybridized carbons (Fsp3) is 0.579. The first kappa shape index (κ1) is 19.8. The molecular weight excluding hydrogens is 398 g/mol. The number of halogens is 1. The molecule has 3 aliphatic heterocycles. The van der Waals surface area contributed by atoms with E-state index in [0.717, 1.165) is 49.8 Å². The smallest absolute Gasteiger partial charge is 0.203 e. The van der Waals surface area contributed by atoms with Gasteiger partial charge in [0, 0.05) is 37.4 Å². The highest BCUT2D eigenvalue weighted by Crippen LogP contribution is 2.42. The van der Waals surface area contributed by atoms with Gasteiger partial charge in [-0.3, -0.25) is 0 Å². The molecule has 4 heterocycles. The van der Waals surface area contributed by atoms with Gasteiger partial charge in [-0.1, -0.05) is 23.4 Å². The van der Waals surface area contributed by atoms with Gasteiger partial charge in [0.05, 0.1) is 22.6 Å². The summed E-state index contributed by atoms with van der Waals surface area (Å²) in [5, 5.41) is 11.2. The fourth-order valence-electron chi connectivity index (χ4n) is 4.19. The van der Waals surface area contributed by atoms with Crippen LogP contribution in [0.3, 0.4) is 0 Å². The van der Waals surface area contributed by atoms with E-state index >= 15 is 0 Å². The van der Waals surface area contributed by atoms with E-state index in [9.17, 15) is 5.11 Å². The fourth-order valence-corrected chi connectivity index (χ4v) is 5.36. The van der Waals surface area contributed by atoms with E-state index in [1.54, 1.807) is 18.5 Å². The lowest BCUT2D eigenvalue weighted by atomic mass is 9.77. The summed E-state index contributed by atoms with van der Waals surface area (Å²) in [5.41, 5.74) is 6.09. The number of piperidine rings is 1. The summed E-state index contributed by atoms with van der Waals surface area (Å²) >= 11 is 7.59. The van der Waals surface area contributed by atoms with Crippen molar-refractivity contribution >= 4 is 35.1 Å². The number of likely N-dealkylation sites (N-methyl/N-ethyl adjacent to an activating group) is 1. The summed E-state index contributed by atoms with van der Waals surface area (Å²) in [6.07, 6.45) is 6.24. The first-order valence-corrected chi connectivity index (χ1v) is 10.7. The molecule has 0 radical (unpaired) electrons. The molecule has 0 amide bonds. The number of aromatic nitrogens is 1. The van der Waals surface area contributed by atoms with Crippen LogP contribution in [0.25, 0.3) is 0 Å². The van der Waals surface area contributed by atoms with Crippen molar-refractivity contribution in [1.82, 2.24) is 14.8 Å². The molecule has 1 aromatic rings. The number of aliphatic hydroxyl groups is 1. The SMILES string of the molecule is C[C@H]1CC2(CCN(C3=NC=C(Sc4ccnc(N)c4Cl)C(O)N3C)CC2)CO1. The van der Waals surface area contributed by atoms with Crippen LogP contribution in [-0.2, 0) is 4.74 Å². The molecule has 1 aromatic heterocycles. The van der Waals surface area contributed by atoms with Crippen LogP contribution in [0.15, 0.2) is 33.3 Å². The van der Waals surface area contributed by atoms with Gasteiger partial charge in [-0.2, -0.15) is 0 Å². The highest BCUT2D eigenvalue weighted by Gasteiger charge is 2.42. The molecule has 0 bridgehead atoms. The van der Waals surface area contributed by atoms with E-state index in [1.165, 1.54) is 11.8 Å². The average molecular weight is 424 g/mol. The molecule has 3 aliphatic rings. The number of likely N-dealkylation sites (tertiary alicyclic amines) is 1. The molecule has 28 heavy (non-hydrogen) atoms. The maximum absolute atomic E-state index is 10.8. The first-order chi connectivity index (χ1) is 13.4. The van der Waals surface area contributed by atoms with Crippen LogP contribution < -0.4 is 5.73 Å². The Morgan fingerprint density at radius 3 is 2.82 bits per heavy atom. The Balaban J connectivity index is 1.47. The first-order valence-electron chi connectivity index (χ1n) is 9.52. The molecule has 1 spiro atoms. The molecule has 2 atom stereocenters. The van der Waals surface area contributed by atoms with Gasteiger partial charge in [0.25, 0.3) is 0 Å². The second-order valence-corrected chi connectivity index (χ2v) is 9.36. The van der Waals surface area contributed by atoms with Crippen molar-refractivity contribution in [1.29, 1.82) is 0 Å². The number of nitrogen functional groups attached to an aromatic ring is 1. The average Bonchev–Trinajstić information content (AvgIpc) is 3.04. The lowest BCUT2D eigenvalue weighted by molar-refractivity contribution is 0.0693. The van der Waals surface area contributed by atoms with E-state index in [1.807, 2.05) is 11.9 Å². The second kappa shape index (κ2) is 7.74. The monoisotopic (exact) mass is 423 g/mol. The van der Waals surface area contributed by atoms with Crippen LogP contribution in [-0.4, -0.2) is 64.9 Å². The van der Waals surface area contributed by atoms with Crippen LogP contribution in [0.2, 0.25) is 5.02 Å². The summed E-state index contributed by atoms with van der Waals surface area (Å²) in [5.74, 6) is 1.08. The summed E-state index contributed by atoms with van der Waals surface area (Å²) in [4.78, 5) is 14.1. The number of anilines is 1. The predicted molar refractivity (Wildman–Crippen MR) is 112 cm³/mol. The van der Waals surface area contributed by atoms with Crippen molar-refractivity contribution < 1.29 is 9.84 Å². The second-order valence-electron chi connectivity index (χ2n) is 7.87. The van der Waals surface area contributed by atoms with Gasteiger partial charge in [0.2, 0.25) is 5.96 Å². The third-order valence-corrected chi connectivity index (χ3v) is 7.48. The van der Waals surface area contributed by atoms with Gasteiger partial charge < -0.3 is 25.4 Å². The van der Waals surface area contributed by atoms with Gasteiger partial charge in [0.15, 0.2) is 6.23 Å². The zero-order valence-corrected chi connectivity index (χ0v) is 17.7. The van der Waals surface area contributed by atoms with Crippen LogP contribution >= 0.6 is 23.4 Å². The van der Waals surface area contributed by atoms with Crippen molar-refractivity contribution in [3.63, 3.8) is 0 Å². The molecule has 0 aliphatic carbocycles. The summed E-state index contributed by atoms with van der Waals surface area (Å²) in [6.45, 7) is 4.87. The number of pyridine rings is 1. The van der Waals surface area contributed by atoms with Crippen LogP contribution in [0.4, 0.5) is 5.82 Å². The standard InChI is InChI=1S/C19H26ClN5O2S/c1-12-9-19(11-27-12)4-7-25(8-5-19)18-23-10-14(17(26)24(18)2)28-13-3-6-22-16(21)15(13)20/h3,6,10,12,17,26H,4-5,7-9,11H2,1-2H3,(H2,21,22)/t12-,17?/m0/s1.